The van der Waals surface area contributed by atoms with Crippen molar-refractivity contribution in [2.75, 3.05) is 13.2 Å². The van der Waals surface area contributed by atoms with E-state index in [-0.39, 0.29) is 11.7 Å². The molecule has 11 nitrogen and oxygen atoms in total. The molecule has 6 aromatic rings. The number of fused-ring (bicyclic) bond motifs is 3. The van der Waals surface area contributed by atoms with E-state index >= 15 is 4.39 Å². The first kappa shape index (κ1) is 25.4. The normalized spacial score (nSPS) is 15.2. The molecule has 0 bridgehead atoms. The lowest BCUT2D eigenvalue weighted by atomic mass is 9.88. The molecule has 7 rings (SSSR count). The minimum absolute atomic E-state index is 0.0706. The maximum Gasteiger partial charge on any atom is 0.146 e. The Kier molecular flexibility index (Phi) is 6.07. The van der Waals surface area contributed by atoms with Crippen LogP contribution in [0.25, 0.3) is 44.7 Å². The van der Waals surface area contributed by atoms with Crippen LogP contribution in [-0.2, 0) is 18.8 Å². The highest BCUT2D eigenvalue weighted by atomic mass is 19.1. The molecule has 1 unspecified atom stereocenters. The van der Waals surface area contributed by atoms with Crippen molar-refractivity contribution in [2.24, 2.45) is 20.0 Å². The van der Waals surface area contributed by atoms with Gasteiger partial charge in [-0.25, -0.2) is 18.7 Å². The molecule has 12 heteroatoms. The summed E-state index contributed by atoms with van der Waals surface area (Å²) >= 11 is 0. The third-order valence-corrected chi connectivity index (χ3v) is 8.05. The molecule has 7 heterocycles. The predicted octanol–water partition coefficient (Wildman–Crippen LogP) is 4.34. The van der Waals surface area contributed by atoms with Crippen LogP contribution in [0, 0.1) is 25.6 Å². The van der Waals surface area contributed by atoms with Crippen LogP contribution in [0.1, 0.15) is 36.0 Å². The molecule has 0 aromatic carbocycles. The maximum absolute atomic E-state index is 15.6. The van der Waals surface area contributed by atoms with Gasteiger partial charge in [-0.3, -0.25) is 9.97 Å². The number of hydrogen-bond acceptors (Lipinski definition) is 8. The largest absolute Gasteiger partial charge is 0.381 e. The molecule has 1 atom stereocenters. The van der Waals surface area contributed by atoms with Gasteiger partial charge >= 0.3 is 0 Å². The average molecular weight is 553 g/mol. The summed E-state index contributed by atoms with van der Waals surface area (Å²) in [6.07, 6.45) is 5.02. The monoisotopic (exact) mass is 552 g/mol. The standard InChI is InChI=1S/C29H29FN10O/c1-16-26(38(3)36-34-16)19-14-23-24(32-15-19)20-7-8-22(27-17(2)35-37-39(27)4)33-29(20)40(23)28(18-9-12-41-13-10-18)25-21(30)6-5-11-31-25/h5-8,11,14-15,18,28H,9-10,12-13H2,1-4H3. The Hall–Kier alpha value is -4.58. The van der Waals surface area contributed by atoms with Gasteiger partial charge < -0.3 is 9.30 Å². The molecule has 0 radical (unpaired) electrons. The van der Waals surface area contributed by atoms with Crippen molar-refractivity contribution in [2.45, 2.75) is 32.7 Å². The lowest BCUT2D eigenvalue weighted by Crippen LogP contribution is -2.28. The molecule has 1 saturated heterocycles. The molecule has 0 spiro atoms. The van der Waals surface area contributed by atoms with E-state index in [4.69, 9.17) is 14.7 Å². The van der Waals surface area contributed by atoms with Crippen LogP contribution in [0.5, 0.6) is 0 Å². The van der Waals surface area contributed by atoms with Crippen molar-refractivity contribution in [1.82, 2.24) is 49.5 Å². The Balaban J connectivity index is 1.57. The number of ether oxygens (including phenoxy) is 1. The predicted molar refractivity (Wildman–Crippen MR) is 150 cm³/mol. The van der Waals surface area contributed by atoms with E-state index in [9.17, 15) is 0 Å². The number of aromatic nitrogens is 10. The highest BCUT2D eigenvalue weighted by Crippen LogP contribution is 2.41. The number of hydrogen-bond donors (Lipinski definition) is 0. The van der Waals surface area contributed by atoms with E-state index in [1.165, 1.54) is 6.07 Å². The summed E-state index contributed by atoms with van der Waals surface area (Å²) in [7, 11) is 3.71. The van der Waals surface area contributed by atoms with Gasteiger partial charge in [-0.2, -0.15) is 0 Å². The summed E-state index contributed by atoms with van der Waals surface area (Å²) in [5.74, 6) is -0.279. The van der Waals surface area contributed by atoms with Crippen LogP contribution < -0.4 is 0 Å². The van der Waals surface area contributed by atoms with Gasteiger partial charge in [0.15, 0.2) is 0 Å². The van der Waals surface area contributed by atoms with Gasteiger partial charge in [0.25, 0.3) is 0 Å². The lowest BCUT2D eigenvalue weighted by Gasteiger charge is -2.32. The molecular formula is C29H29FN10O. The minimum atomic E-state index is -0.434. The first-order chi connectivity index (χ1) is 19.9. The molecule has 1 fully saturated rings. The Morgan fingerprint density at radius 3 is 2.37 bits per heavy atom. The number of aryl methyl sites for hydroxylation is 4. The van der Waals surface area contributed by atoms with Crippen LogP contribution in [0.15, 0.2) is 42.7 Å². The van der Waals surface area contributed by atoms with Crippen LogP contribution in [-0.4, -0.2) is 62.7 Å². The molecule has 0 amide bonds. The zero-order valence-electron chi connectivity index (χ0n) is 23.3. The van der Waals surface area contributed by atoms with Gasteiger partial charge in [-0.1, -0.05) is 10.4 Å². The number of rotatable bonds is 5. The van der Waals surface area contributed by atoms with Crippen molar-refractivity contribution in [3.05, 3.63) is 65.6 Å². The third kappa shape index (κ3) is 4.08. The van der Waals surface area contributed by atoms with Crippen molar-refractivity contribution in [1.29, 1.82) is 0 Å². The highest BCUT2D eigenvalue weighted by molar-refractivity contribution is 6.06. The second-order valence-electron chi connectivity index (χ2n) is 10.6. The van der Waals surface area contributed by atoms with Crippen molar-refractivity contribution >= 4 is 22.1 Å². The molecule has 0 N–H and O–H groups in total. The fourth-order valence-electron chi connectivity index (χ4n) is 6.19. The summed E-state index contributed by atoms with van der Waals surface area (Å²) in [5, 5.41) is 17.7. The Labute approximate surface area is 235 Å². The van der Waals surface area contributed by atoms with Gasteiger partial charge in [0.05, 0.1) is 45.5 Å². The highest BCUT2D eigenvalue weighted by Gasteiger charge is 2.33. The van der Waals surface area contributed by atoms with E-state index < -0.39 is 6.04 Å². The van der Waals surface area contributed by atoms with Crippen LogP contribution in [0.4, 0.5) is 4.39 Å². The summed E-state index contributed by atoms with van der Waals surface area (Å²) < 4.78 is 26.9. The van der Waals surface area contributed by atoms with Crippen LogP contribution in [0.3, 0.4) is 0 Å². The van der Waals surface area contributed by atoms with E-state index in [0.717, 1.165) is 63.3 Å². The fourth-order valence-corrected chi connectivity index (χ4v) is 6.19. The van der Waals surface area contributed by atoms with Crippen LogP contribution >= 0.6 is 0 Å². The van der Waals surface area contributed by atoms with E-state index in [2.05, 4.69) is 36.2 Å². The average Bonchev–Trinajstić information content (AvgIpc) is 3.61. The smallest absolute Gasteiger partial charge is 0.146 e. The SMILES string of the molecule is Cc1nnn(C)c1-c1cnc2c3ccc(-c4c(C)nnn4C)nc3n(C(c3ncccc3F)C3CCOCC3)c2c1. The second-order valence-corrected chi connectivity index (χ2v) is 10.6. The molecule has 41 heavy (non-hydrogen) atoms. The zero-order chi connectivity index (χ0) is 28.2. The second kappa shape index (κ2) is 9.81. The summed E-state index contributed by atoms with van der Waals surface area (Å²) in [6.45, 7) is 5.05. The molecule has 208 valence electrons. The van der Waals surface area contributed by atoms with Crippen molar-refractivity contribution < 1.29 is 9.13 Å². The Bertz CT molecular complexity index is 1770. The summed E-state index contributed by atoms with van der Waals surface area (Å²) in [6, 6.07) is 8.74. The quantitative estimate of drug-likeness (QED) is 0.310. The molecule has 6 aromatic heterocycles. The molecule has 1 aliphatic rings. The van der Waals surface area contributed by atoms with Gasteiger partial charge in [0.2, 0.25) is 0 Å². The molecule has 1 aliphatic heterocycles. The van der Waals surface area contributed by atoms with Gasteiger partial charge in [0.1, 0.15) is 17.2 Å². The van der Waals surface area contributed by atoms with Crippen molar-refractivity contribution in [3.8, 4) is 22.6 Å². The van der Waals surface area contributed by atoms with Crippen molar-refractivity contribution in [3.63, 3.8) is 0 Å². The van der Waals surface area contributed by atoms with E-state index in [1.807, 2.05) is 46.3 Å². The maximum atomic E-state index is 15.6. The molecular weight excluding hydrogens is 523 g/mol. The fraction of sp³-hybridized carbons (Fsp3) is 0.345. The molecule has 0 saturated carbocycles. The van der Waals surface area contributed by atoms with E-state index in [0.29, 0.717) is 24.6 Å². The topological polar surface area (TPSA) is 114 Å². The van der Waals surface area contributed by atoms with Crippen LogP contribution in [0.2, 0.25) is 0 Å². The molecule has 0 aliphatic carbocycles. The number of halogens is 1. The Morgan fingerprint density at radius 1 is 0.951 bits per heavy atom. The zero-order valence-corrected chi connectivity index (χ0v) is 23.3. The third-order valence-electron chi connectivity index (χ3n) is 8.05. The van der Waals surface area contributed by atoms with Gasteiger partial charge in [-0.15, -0.1) is 10.2 Å². The van der Waals surface area contributed by atoms with E-state index in [1.54, 1.807) is 21.6 Å². The van der Waals surface area contributed by atoms with Gasteiger partial charge in [0, 0.05) is 50.7 Å². The van der Waals surface area contributed by atoms with Gasteiger partial charge in [-0.05, 0) is 62.9 Å². The number of nitrogens with zero attached hydrogens (tertiary/aromatic N) is 10. The summed E-state index contributed by atoms with van der Waals surface area (Å²) in [5.41, 5.74) is 7.56. The lowest BCUT2D eigenvalue weighted by molar-refractivity contribution is 0.0542. The first-order valence-electron chi connectivity index (χ1n) is 13.6. The number of pyridine rings is 3. The first-order valence-corrected chi connectivity index (χ1v) is 13.6. The minimum Gasteiger partial charge on any atom is -0.381 e. The Morgan fingerprint density at radius 2 is 1.68 bits per heavy atom. The summed E-state index contributed by atoms with van der Waals surface area (Å²) in [4.78, 5) is 14.7.